The van der Waals surface area contributed by atoms with Gasteiger partial charge in [-0.2, -0.15) is 0 Å². The summed E-state index contributed by atoms with van der Waals surface area (Å²) in [6, 6.07) is 7.50. The molecule has 2 aromatic rings. The van der Waals surface area contributed by atoms with Gasteiger partial charge in [-0.05, 0) is 50.8 Å². The first kappa shape index (κ1) is 16.8. The zero-order chi connectivity index (χ0) is 16.9. The molecule has 24 heavy (non-hydrogen) atoms. The van der Waals surface area contributed by atoms with E-state index in [2.05, 4.69) is 14.9 Å². The molecule has 0 saturated carbocycles. The predicted octanol–water partition coefficient (Wildman–Crippen LogP) is 4.32. The molecule has 0 spiro atoms. The Morgan fingerprint density at radius 2 is 2.29 bits per heavy atom. The second-order valence-electron chi connectivity index (χ2n) is 6.24. The molecule has 2 amide bonds. The van der Waals surface area contributed by atoms with Crippen LogP contribution in [0, 0.1) is 6.92 Å². The van der Waals surface area contributed by atoms with E-state index in [0.29, 0.717) is 5.02 Å². The van der Waals surface area contributed by atoms with Crippen molar-refractivity contribution < 1.29 is 4.79 Å². The van der Waals surface area contributed by atoms with E-state index in [1.54, 1.807) is 12.1 Å². The summed E-state index contributed by atoms with van der Waals surface area (Å²) in [7, 11) is 0. The second kappa shape index (κ2) is 7.71. The number of aromatic nitrogens is 2. The van der Waals surface area contributed by atoms with Crippen LogP contribution in [-0.2, 0) is 6.54 Å². The minimum Gasteiger partial charge on any atom is -0.335 e. The molecule has 1 saturated heterocycles. The maximum absolute atomic E-state index is 12.7. The van der Waals surface area contributed by atoms with Gasteiger partial charge in [0.25, 0.3) is 0 Å². The van der Waals surface area contributed by atoms with Gasteiger partial charge in [0.05, 0.1) is 0 Å². The minimum atomic E-state index is -0.0377. The third-order valence-electron chi connectivity index (χ3n) is 4.59. The molecule has 128 valence electrons. The Morgan fingerprint density at radius 1 is 1.42 bits per heavy atom. The van der Waals surface area contributed by atoms with Crippen LogP contribution in [0.5, 0.6) is 0 Å². The van der Waals surface area contributed by atoms with Gasteiger partial charge in [0.2, 0.25) is 0 Å². The van der Waals surface area contributed by atoms with Gasteiger partial charge in [-0.3, -0.25) is 0 Å². The Bertz CT molecular complexity index is 700. The summed E-state index contributed by atoms with van der Waals surface area (Å²) >= 11 is 5.99. The molecule has 1 aliphatic heterocycles. The van der Waals surface area contributed by atoms with Gasteiger partial charge in [0.15, 0.2) is 0 Å². The minimum absolute atomic E-state index is 0.0377. The highest BCUT2D eigenvalue weighted by molar-refractivity contribution is 6.30. The van der Waals surface area contributed by atoms with Crippen LogP contribution in [0.4, 0.5) is 10.5 Å². The highest BCUT2D eigenvalue weighted by Gasteiger charge is 2.26. The maximum atomic E-state index is 12.7. The molecule has 3 rings (SSSR count). The number of urea groups is 1. The Balaban J connectivity index is 1.63. The fourth-order valence-electron chi connectivity index (χ4n) is 3.26. The summed E-state index contributed by atoms with van der Waals surface area (Å²) in [4.78, 5) is 18.9. The topological polar surface area (TPSA) is 50.2 Å². The van der Waals surface area contributed by atoms with Crippen molar-refractivity contribution in [1.29, 1.82) is 0 Å². The molecule has 1 aliphatic rings. The monoisotopic (exact) mass is 346 g/mol. The van der Waals surface area contributed by atoms with Crippen LogP contribution >= 0.6 is 11.6 Å². The Labute approximate surface area is 147 Å². The maximum Gasteiger partial charge on any atom is 0.322 e. The Morgan fingerprint density at radius 3 is 3.04 bits per heavy atom. The fraction of sp³-hybridized carbons (Fsp3) is 0.444. The average molecular weight is 347 g/mol. The average Bonchev–Trinajstić information content (AvgIpc) is 2.98. The molecule has 0 radical (unpaired) electrons. The molecule has 5 nitrogen and oxygen atoms in total. The van der Waals surface area contributed by atoms with Gasteiger partial charge in [-0.15, -0.1) is 0 Å². The quantitative estimate of drug-likeness (QED) is 0.896. The first-order valence-corrected chi connectivity index (χ1v) is 8.82. The first-order chi connectivity index (χ1) is 11.6. The van der Waals surface area contributed by atoms with Crippen molar-refractivity contribution >= 4 is 23.3 Å². The molecule has 1 atom stereocenters. The molecule has 6 heteroatoms. The number of hydrogen-bond acceptors (Lipinski definition) is 2. The van der Waals surface area contributed by atoms with Crippen molar-refractivity contribution in [3.05, 3.63) is 47.5 Å². The number of aryl methyl sites for hydroxylation is 2. The molecular formula is C18H23ClN4O. The van der Waals surface area contributed by atoms with Crippen LogP contribution < -0.4 is 5.32 Å². The molecule has 1 aromatic heterocycles. The third kappa shape index (κ3) is 4.09. The summed E-state index contributed by atoms with van der Waals surface area (Å²) in [5, 5.41) is 3.59. The van der Waals surface area contributed by atoms with Gasteiger partial charge in [0, 0.05) is 42.2 Å². The number of piperidine rings is 1. The lowest BCUT2D eigenvalue weighted by Gasteiger charge is -2.36. The number of anilines is 1. The van der Waals surface area contributed by atoms with Crippen LogP contribution in [0.1, 0.15) is 31.5 Å². The SMILES string of the molecule is Cc1nccn1CCC1CCCCN1C(=O)Nc1cccc(Cl)c1. The summed E-state index contributed by atoms with van der Waals surface area (Å²) in [6.07, 6.45) is 8.04. The second-order valence-corrected chi connectivity index (χ2v) is 6.68. The number of halogens is 1. The van der Waals surface area contributed by atoms with Crippen molar-refractivity contribution in [2.24, 2.45) is 0 Å². The van der Waals surface area contributed by atoms with E-state index >= 15 is 0 Å². The number of nitrogens with zero attached hydrogens (tertiary/aromatic N) is 3. The van der Waals surface area contributed by atoms with Crippen LogP contribution in [0.3, 0.4) is 0 Å². The number of imidazole rings is 1. The van der Waals surface area contributed by atoms with Crippen molar-refractivity contribution in [1.82, 2.24) is 14.5 Å². The molecule has 0 bridgehead atoms. The zero-order valence-corrected chi connectivity index (χ0v) is 14.7. The molecule has 2 heterocycles. The van der Waals surface area contributed by atoms with Gasteiger partial charge < -0.3 is 14.8 Å². The lowest BCUT2D eigenvalue weighted by atomic mass is 9.99. The Kier molecular flexibility index (Phi) is 5.41. The van der Waals surface area contributed by atoms with Crippen molar-refractivity contribution in [2.45, 2.75) is 45.2 Å². The standard InChI is InChI=1S/C18H23ClN4O/c1-14-20-9-12-22(14)11-8-17-7-2-3-10-23(17)18(24)21-16-6-4-5-15(19)13-16/h4-6,9,12-13,17H,2-3,7-8,10-11H2,1H3,(H,21,24). The fourth-order valence-corrected chi connectivity index (χ4v) is 3.45. The van der Waals surface area contributed by atoms with E-state index in [1.807, 2.05) is 36.4 Å². The van der Waals surface area contributed by atoms with Gasteiger partial charge >= 0.3 is 6.03 Å². The van der Waals surface area contributed by atoms with E-state index in [9.17, 15) is 4.79 Å². The van der Waals surface area contributed by atoms with Crippen LogP contribution in [0.15, 0.2) is 36.7 Å². The van der Waals surface area contributed by atoms with E-state index in [0.717, 1.165) is 43.9 Å². The van der Waals surface area contributed by atoms with Crippen LogP contribution in [0.2, 0.25) is 5.02 Å². The number of carbonyl (C=O) groups excluding carboxylic acids is 1. The van der Waals surface area contributed by atoms with Crippen molar-refractivity contribution in [2.75, 3.05) is 11.9 Å². The van der Waals surface area contributed by atoms with Crippen LogP contribution in [-0.4, -0.2) is 33.1 Å². The van der Waals surface area contributed by atoms with E-state index in [-0.39, 0.29) is 12.1 Å². The van der Waals surface area contributed by atoms with Gasteiger partial charge in [0.1, 0.15) is 5.82 Å². The summed E-state index contributed by atoms with van der Waals surface area (Å²) in [5.74, 6) is 1.01. The predicted molar refractivity (Wildman–Crippen MR) is 96.4 cm³/mol. The molecule has 1 aromatic carbocycles. The smallest absolute Gasteiger partial charge is 0.322 e. The largest absolute Gasteiger partial charge is 0.335 e. The number of hydrogen-bond donors (Lipinski definition) is 1. The zero-order valence-electron chi connectivity index (χ0n) is 13.9. The van der Waals surface area contributed by atoms with Crippen LogP contribution in [0.25, 0.3) is 0 Å². The summed E-state index contributed by atoms with van der Waals surface area (Å²) in [5.41, 5.74) is 0.738. The normalized spacial score (nSPS) is 17.8. The number of amides is 2. The van der Waals surface area contributed by atoms with E-state index in [4.69, 9.17) is 11.6 Å². The van der Waals surface area contributed by atoms with E-state index in [1.165, 1.54) is 6.42 Å². The molecule has 0 aliphatic carbocycles. The molecule has 1 unspecified atom stereocenters. The number of rotatable bonds is 4. The lowest BCUT2D eigenvalue weighted by Crippen LogP contribution is -2.46. The first-order valence-electron chi connectivity index (χ1n) is 8.44. The molecular weight excluding hydrogens is 324 g/mol. The number of likely N-dealkylation sites (tertiary alicyclic amines) is 1. The van der Waals surface area contributed by atoms with Crippen molar-refractivity contribution in [3.63, 3.8) is 0 Å². The van der Waals surface area contributed by atoms with Gasteiger partial charge in [-0.25, -0.2) is 9.78 Å². The summed E-state index contributed by atoms with van der Waals surface area (Å²) in [6.45, 7) is 3.70. The highest BCUT2D eigenvalue weighted by Crippen LogP contribution is 2.22. The summed E-state index contributed by atoms with van der Waals surface area (Å²) < 4.78 is 2.14. The molecule has 1 fully saturated rings. The number of benzene rings is 1. The lowest BCUT2D eigenvalue weighted by molar-refractivity contribution is 0.155. The molecule has 1 N–H and O–H groups in total. The number of carbonyl (C=O) groups is 1. The number of nitrogens with one attached hydrogen (secondary N) is 1. The Hall–Kier alpha value is -2.01. The van der Waals surface area contributed by atoms with Crippen molar-refractivity contribution in [3.8, 4) is 0 Å². The van der Waals surface area contributed by atoms with E-state index < -0.39 is 0 Å². The highest BCUT2D eigenvalue weighted by atomic mass is 35.5. The van der Waals surface area contributed by atoms with Gasteiger partial charge in [-0.1, -0.05) is 17.7 Å². The third-order valence-corrected chi connectivity index (χ3v) is 4.83.